The fraction of sp³-hybridized carbons (Fsp3) is 0.562. The maximum atomic E-state index is 9.99. The lowest BCUT2D eigenvalue weighted by molar-refractivity contribution is 0.0660. The molecule has 1 rings (SSSR count). The monoisotopic (exact) mass is 276 g/mol. The molecule has 0 amide bonds. The lowest BCUT2D eigenvalue weighted by Gasteiger charge is -2.25. The largest absolute Gasteiger partial charge is 0.491 e. The summed E-state index contributed by atoms with van der Waals surface area (Å²) in [6.07, 6.45) is -0.108. The number of aryl methyl sites for hydroxylation is 2. The third kappa shape index (κ3) is 5.60. The van der Waals surface area contributed by atoms with Crippen LogP contribution in [0.15, 0.2) is 18.2 Å². The van der Waals surface area contributed by atoms with E-state index in [1.54, 1.807) is 0 Å². The van der Waals surface area contributed by atoms with E-state index in [1.807, 2.05) is 44.9 Å². The van der Waals surface area contributed by atoms with Crippen molar-refractivity contribution in [2.45, 2.75) is 39.3 Å². The minimum atomic E-state index is -0.568. The maximum absolute atomic E-state index is 9.99. The molecular weight excluding hydrogens is 252 g/mol. The number of hydrogen-bond acceptors (Lipinski definition) is 4. The standard InChI is InChI=1S/C16H24N2O2/c1-12-7-13(2)9-16(8-12)20-11-15(19)10-18(4)14(3)5-6-17/h7-9,14-15,19H,5,10-11H2,1-4H3. The number of hydrogen-bond donors (Lipinski definition) is 1. The van der Waals surface area contributed by atoms with E-state index in [1.165, 1.54) is 0 Å². The van der Waals surface area contributed by atoms with Gasteiger partial charge in [-0.15, -0.1) is 0 Å². The van der Waals surface area contributed by atoms with Crippen LogP contribution in [0.2, 0.25) is 0 Å². The van der Waals surface area contributed by atoms with Gasteiger partial charge in [0.1, 0.15) is 18.5 Å². The van der Waals surface area contributed by atoms with E-state index in [-0.39, 0.29) is 12.6 Å². The molecule has 0 fully saturated rings. The molecule has 20 heavy (non-hydrogen) atoms. The molecule has 0 bridgehead atoms. The van der Waals surface area contributed by atoms with Crippen LogP contribution in [0, 0.1) is 25.2 Å². The highest BCUT2D eigenvalue weighted by Crippen LogP contribution is 2.16. The van der Waals surface area contributed by atoms with Crippen molar-refractivity contribution in [1.29, 1.82) is 5.26 Å². The first-order valence-electron chi connectivity index (χ1n) is 6.88. The average Bonchev–Trinajstić information content (AvgIpc) is 2.35. The van der Waals surface area contributed by atoms with Crippen LogP contribution in [0.25, 0.3) is 0 Å². The normalized spacial score (nSPS) is 13.8. The molecule has 2 unspecified atom stereocenters. The van der Waals surface area contributed by atoms with Crippen molar-refractivity contribution in [3.05, 3.63) is 29.3 Å². The summed E-state index contributed by atoms with van der Waals surface area (Å²) in [5, 5.41) is 18.6. The SMILES string of the molecule is Cc1cc(C)cc(OCC(O)CN(C)C(C)CC#N)c1. The molecule has 0 aliphatic heterocycles. The fourth-order valence-electron chi connectivity index (χ4n) is 2.06. The maximum Gasteiger partial charge on any atom is 0.119 e. The van der Waals surface area contributed by atoms with E-state index in [0.717, 1.165) is 16.9 Å². The zero-order valence-electron chi connectivity index (χ0n) is 12.8. The van der Waals surface area contributed by atoms with Crippen LogP contribution < -0.4 is 4.74 Å². The number of aliphatic hydroxyl groups is 1. The second kappa shape index (κ2) is 7.88. The highest BCUT2D eigenvalue weighted by molar-refractivity contribution is 5.32. The molecule has 1 aromatic rings. The molecule has 0 aromatic heterocycles. The lowest BCUT2D eigenvalue weighted by atomic mass is 10.1. The Kier molecular flexibility index (Phi) is 6.50. The first-order chi connectivity index (χ1) is 9.42. The van der Waals surface area contributed by atoms with Gasteiger partial charge in [-0.25, -0.2) is 0 Å². The average molecular weight is 276 g/mol. The van der Waals surface area contributed by atoms with Gasteiger partial charge in [0.2, 0.25) is 0 Å². The fourth-order valence-corrected chi connectivity index (χ4v) is 2.06. The van der Waals surface area contributed by atoms with Crippen molar-refractivity contribution in [3.63, 3.8) is 0 Å². The van der Waals surface area contributed by atoms with Crippen LogP contribution in [0.4, 0.5) is 0 Å². The Balaban J connectivity index is 2.43. The molecular formula is C16H24N2O2. The zero-order valence-corrected chi connectivity index (χ0v) is 12.8. The molecule has 110 valence electrons. The van der Waals surface area contributed by atoms with Gasteiger partial charge in [0.15, 0.2) is 0 Å². The molecule has 0 saturated carbocycles. The van der Waals surface area contributed by atoms with Crippen molar-refractivity contribution >= 4 is 0 Å². The van der Waals surface area contributed by atoms with E-state index in [0.29, 0.717) is 13.0 Å². The van der Waals surface area contributed by atoms with Gasteiger partial charge < -0.3 is 9.84 Å². The Labute approximate surface area is 121 Å². The molecule has 4 nitrogen and oxygen atoms in total. The quantitative estimate of drug-likeness (QED) is 0.830. The van der Waals surface area contributed by atoms with Gasteiger partial charge in [0, 0.05) is 12.6 Å². The van der Waals surface area contributed by atoms with Crippen LogP contribution >= 0.6 is 0 Å². The van der Waals surface area contributed by atoms with Crippen LogP contribution in [0.5, 0.6) is 5.75 Å². The Hall–Kier alpha value is -1.57. The smallest absolute Gasteiger partial charge is 0.119 e. The van der Waals surface area contributed by atoms with Crippen LogP contribution in [-0.2, 0) is 0 Å². The van der Waals surface area contributed by atoms with Crippen molar-refractivity contribution in [2.75, 3.05) is 20.2 Å². The lowest BCUT2D eigenvalue weighted by Crippen LogP contribution is -2.38. The summed E-state index contributed by atoms with van der Waals surface area (Å²) in [5.74, 6) is 0.786. The van der Waals surface area contributed by atoms with Gasteiger partial charge >= 0.3 is 0 Å². The molecule has 0 spiro atoms. The van der Waals surface area contributed by atoms with Gasteiger partial charge in [-0.1, -0.05) is 6.07 Å². The zero-order chi connectivity index (χ0) is 15.1. The summed E-state index contributed by atoms with van der Waals surface area (Å²) >= 11 is 0. The van der Waals surface area contributed by atoms with E-state index in [2.05, 4.69) is 12.1 Å². The van der Waals surface area contributed by atoms with E-state index < -0.39 is 6.10 Å². The van der Waals surface area contributed by atoms with Gasteiger partial charge in [0.25, 0.3) is 0 Å². The number of nitriles is 1. The molecule has 0 aliphatic rings. The predicted octanol–water partition coefficient (Wildman–Crippen LogP) is 2.28. The minimum absolute atomic E-state index is 0.135. The highest BCUT2D eigenvalue weighted by Gasteiger charge is 2.14. The summed E-state index contributed by atoms with van der Waals surface area (Å²) in [5.41, 5.74) is 2.29. The molecule has 0 heterocycles. The second-order valence-corrected chi connectivity index (χ2v) is 5.44. The number of benzene rings is 1. The van der Waals surface area contributed by atoms with Crippen LogP contribution in [-0.4, -0.2) is 42.4 Å². The van der Waals surface area contributed by atoms with E-state index >= 15 is 0 Å². The van der Waals surface area contributed by atoms with Crippen LogP contribution in [0.3, 0.4) is 0 Å². The predicted molar refractivity (Wildman–Crippen MR) is 79.7 cm³/mol. The number of ether oxygens (including phenoxy) is 1. The van der Waals surface area contributed by atoms with Crippen molar-refractivity contribution in [1.82, 2.24) is 4.90 Å². The number of likely N-dealkylation sites (N-methyl/N-ethyl adjacent to an activating group) is 1. The summed E-state index contributed by atoms with van der Waals surface area (Å²) in [6.45, 7) is 6.77. The topological polar surface area (TPSA) is 56.5 Å². The summed E-state index contributed by atoms with van der Waals surface area (Å²) in [7, 11) is 1.90. The molecule has 1 aromatic carbocycles. The molecule has 1 N–H and O–H groups in total. The first kappa shape index (κ1) is 16.5. The minimum Gasteiger partial charge on any atom is -0.491 e. The molecule has 0 radical (unpaired) electrons. The summed E-state index contributed by atoms with van der Waals surface area (Å²) in [4.78, 5) is 1.97. The summed E-state index contributed by atoms with van der Waals surface area (Å²) in [6, 6.07) is 8.28. The number of aliphatic hydroxyl groups excluding tert-OH is 1. The Morgan fingerprint density at radius 1 is 1.30 bits per heavy atom. The Morgan fingerprint density at radius 3 is 2.45 bits per heavy atom. The molecule has 4 heteroatoms. The van der Waals surface area contributed by atoms with Crippen molar-refractivity contribution < 1.29 is 9.84 Å². The van der Waals surface area contributed by atoms with E-state index in [4.69, 9.17) is 10.00 Å². The molecule has 0 saturated heterocycles. The van der Waals surface area contributed by atoms with Crippen molar-refractivity contribution in [2.24, 2.45) is 0 Å². The Bertz CT molecular complexity index is 448. The number of rotatable bonds is 7. The molecule has 2 atom stereocenters. The van der Waals surface area contributed by atoms with Gasteiger partial charge in [-0.3, -0.25) is 4.90 Å². The van der Waals surface area contributed by atoms with Gasteiger partial charge in [-0.2, -0.15) is 5.26 Å². The van der Waals surface area contributed by atoms with Crippen LogP contribution in [0.1, 0.15) is 24.5 Å². The third-order valence-corrected chi connectivity index (χ3v) is 3.28. The third-order valence-electron chi connectivity index (χ3n) is 3.28. The highest BCUT2D eigenvalue weighted by atomic mass is 16.5. The first-order valence-corrected chi connectivity index (χ1v) is 6.88. The molecule has 0 aliphatic carbocycles. The Morgan fingerprint density at radius 2 is 1.90 bits per heavy atom. The van der Waals surface area contributed by atoms with Gasteiger partial charge in [0.05, 0.1) is 12.5 Å². The van der Waals surface area contributed by atoms with E-state index in [9.17, 15) is 5.11 Å². The second-order valence-electron chi connectivity index (χ2n) is 5.44. The van der Waals surface area contributed by atoms with Crippen molar-refractivity contribution in [3.8, 4) is 11.8 Å². The summed E-state index contributed by atoms with van der Waals surface area (Å²) < 4.78 is 5.63. The number of nitrogens with zero attached hydrogens (tertiary/aromatic N) is 2. The van der Waals surface area contributed by atoms with Gasteiger partial charge in [-0.05, 0) is 51.1 Å².